The minimum Gasteiger partial charge on any atom is -0.522 e. The molecule has 1 rings (SSSR count). The van der Waals surface area contributed by atoms with Crippen LogP contribution in [0.5, 0.6) is 5.75 Å². The molecule has 0 saturated heterocycles. The highest BCUT2D eigenvalue weighted by atomic mass is 19.4. The van der Waals surface area contributed by atoms with Gasteiger partial charge in [-0.3, -0.25) is 0 Å². The van der Waals surface area contributed by atoms with Crippen molar-refractivity contribution in [3.8, 4) is 5.75 Å². The minimum atomic E-state index is -5.09. The van der Waals surface area contributed by atoms with Crippen LogP contribution in [0.1, 0.15) is 0 Å². The maximum atomic E-state index is 12.5. The third-order valence-electron chi connectivity index (χ3n) is 1.33. The van der Waals surface area contributed by atoms with Crippen molar-refractivity contribution in [2.75, 3.05) is 6.51 Å². The van der Waals surface area contributed by atoms with Crippen LogP contribution >= 0.6 is 0 Å². The van der Waals surface area contributed by atoms with E-state index in [0.717, 1.165) is 6.07 Å². The molecule has 78 valence electrons. The van der Waals surface area contributed by atoms with Gasteiger partial charge in [-0.1, -0.05) is 0 Å². The SMILES string of the molecule is Fc1ccc(OC[B-](F)(F)F)cc1F. The lowest BCUT2D eigenvalue weighted by atomic mass is 9.95. The van der Waals surface area contributed by atoms with Crippen LogP contribution in [0.25, 0.3) is 0 Å². The van der Waals surface area contributed by atoms with E-state index in [-0.39, 0.29) is 5.75 Å². The second-order valence-corrected chi connectivity index (χ2v) is 2.60. The molecule has 1 aromatic carbocycles. The molecule has 0 amide bonds. The van der Waals surface area contributed by atoms with Crippen molar-refractivity contribution in [3.63, 3.8) is 0 Å². The molecule has 0 fully saturated rings. The first-order valence-corrected chi connectivity index (χ1v) is 3.67. The van der Waals surface area contributed by atoms with E-state index in [1.54, 1.807) is 0 Å². The fourth-order valence-electron chi connectivity index (χ4n) is 0.757. The highest BCUT2D eigenvalue weighted by molar-refractivity contribution is 6.58. The summed E-state index contributed by atoms with van der Waals surface area (Å²) >= 11 is 0. The molecular formula is C7H5BF5O-. The minimum absolute atomic E-state index is 0.344. The van der Waals surface area contributed by atoms with Crippen molar-refractivity contribution in [2.24, 2.45) is 0 Å². The maximum Gasteiger partial charge on any atom is 0.515 e. The molecule has 0 aliphatic heterocycles. The van der Waals surface area contributed by atoms with Crippen LogP contribution in [-0.4, -0.2) is 13.5 Å². The summed E-state index contributed by atoms with van der Waals surface area (Å²) in [6.07, 6.45) is 0. The van der Waals surface area contributed by atoms with Crippen molar-refractivity contribution >= 4 is 6.98 Å². The van der Waals surface area contributed by atoms with Gasteiger partial charge in [0.15, 0.2) is 11.6 Å². The summed E-state index contributed by atoms with van der Waals surface area (Å²) < 4.78 is 64.1. The monoisotopic (exact) mass is 211 g/mol. The number of hydrogen-bond acceptors (Lipinski definition) is 1. The van der Waals surface area contributed by atoms with Crippen molar-refractivity contribution in [1.29, 1.82) is 0 Å². The zero-order valence-electron chi connectivity index (χ0n) is 6.81. The highest BCUT2D eigenvalue weighted by Crippen LogP contribution is 2.17. The normalized spacial score (nSPS) is 11.5. The number of benzene rings is 1. The average molecular weight is 211 g/mol. The summed E-state index contributed by atoms with van der Waals surface area (Å²) in [5.41, 5.74) is 0. The number of halogens is 5. The second-order valence-electron chi connectivity index (χ2n) is 2.60. The molecule has 7 heteroatoms. The van der Waals surface area contributed by atoms with E-state index >= 15 is 0 Å². The lowest BCUT2D eigenvalue weighted by molar-refractivity contribution is 0.311. The molecule has 0 N–H and O–H groups in total. The molecule has 0 aliphatic rings. The van der Waals surface area contributed by atoms with Crippen molar-refractivity contribution in [2.45, 2.75) is 0 Å². The molecule has 0 bridgehead atoms. The molecule has 14 heavy (non-hydrogen) atoms. The Morgan fingerprint density at radius 3 is 2.21 bits per heavy atom. The number of ether oxygens (including phenoxy) is 1. The van der Waals surface area contributed by atoms with Gasteiger partial charge < -0.3 is 17.7 Å². The Labute approximate surface area is 76.5 Å². The molecule has 1 nitrogen and oxygen atoms in total. The van der Waals surface area contributed by atoms with E-state index in [0.29, 0.717) is 12.1 Å². The van der Waals surface area contributed by atoms with Gasteiger partial charge in [-0.25, -0.2) is 8.78 Å². The lowest BCUT2D eigenvalue weighted by Gasteiger charge is -2.14. The molecule has 0 aromatic heterocycles. The molecule has 0 aliphatic carbocycles. The summed E-state index contributed by atoms with van der Waals surface area (Å²) in [7, 11) is 0. The van der Waals surface area contributed by atoms with Crippen molar-refractivity contribution < 1.29 is 26.5 Å². The fraction of sp³-hybridized carbons (Fsp3) is 0.143. The van der Waals surface area contributed by atoms with Crippen molar-refractivity contribution in [3.05, 3.63) is 29.8 Å². The fourth-order valence-corrected chi connectivity index (χ4v) is 0.757. The van der Waals surface area contributed by atoms with E-state index in [1.165, 1.54) is 0 Å². The van der Waals surface area contributed by atoms with E-state index in [9.17, 15) is 21.7 Å². The van der Waals surface area contributed by atoms with Gasteiger partial charge in [-0.15, -0.1) is 0 Å². The Balaban J connectivity index is 2.65. The number of hydrogen-bond donors (Lipinski definition) is 0. The molecule has 0 spiro atoms. The molecule has 0 heterocycles. The second kappa shape index (κ2) is 3.85. The van der Waals surface area contributed by atoms with Gasteiger partial charge in [0, 0.05) is 6.07 Å². The largest absolute Gasteiger partial charge is 0.522 e. The zero-order chi connectivity index (χ0) is 10.8. The van der Waals surface area contributed by atoms with E-state index < -0.39 is 25.1 Å². The zero-order valence-corrected chi connectivity index (χ0v) is 6.81. The highest BCUT2D eigenvalue weighted by Gasteiger charge is 2.24. The molecule has 0 radical (unpaired) electrons. The van der Waals surface area contributed by atoms with Gasteiger partial charge in [-0.05, 0) is 12.1 Å². The topological polar surface area (TPSA) is 9.23 Å². The third kappa shape index (κ3) is 3.23. The molecule has 0 unspecified atom stereocenters. The Morgan fingerprint density at radius 2 is 1.71 bits per heavy atom. The molecular weight excluding hydrogens is 206 g/mol. The van der Waals surface area contributed by atoms with Gasteiger partial charge in [0.05, 0.1) is 6.51 Å². The van der Waals surface area contributed by atoms with E-state index in [2.05, 4.69) is 4.74 Å². The maximum absolute atomic E-state index is 12.5. The molecule has 1 aromatic rings. The summed E-state index contributed by atoms with van der Waals surface area (Å²) in [6.45, 7) is -6.55. The van der Waals surface area contributed by atoms with Gasteiger partial charge in [0.1, 0.15) is 5.75 Å². The third-order valence-corrected chi connectivity index (χ3v) is 1.33. The first-order chi connectivity index (χ1) is 6.38. The van der Waals surface area contributed by atoms with Crippen LogP contribution in [0.4, 0.5) is 21.7 Å². The van der Waals surface area contributed by atoms with Crippen LogP contribution in [0.2, 0.25) is 0 Å². The first kappa shape index (κ1) is 10.8. The summed E-state index contributed by atoms with van der Waals surface area (Å²) in [6, 6.07) is 2.20. The Kier molecular flexibility index (Phi) is 2.98. The lowest BCUT2D eigenvalue weighted by Crippen LogP contribution is -2.26. The van der Waals surface area contributed by atoms with Gasteiger partial charge in [-0.2, -0.15) is 0 Å². The van der Waals surface area contributed by atoms with E-state index in [4.69, 9.17) is 0 Å². The summed E-state index contributed by atoms with van der Waals surface area (Å²) in [5, 5.41) is 0. The molecule has 0 atom stereocenters. The van der Waals surface area contributed by atoms with Crippen LogP contribution in [0.3, 0.4) is 0 Å². The van der Waals surface area contributed by atoms with Crippen LogP contribution in [0.15, 0.2) is 18.2 Å². The van der Waals surface area contributed by atoms with Crippen LogP contribution < -0.4 is 4.74 Å². The van der Waals surface area contributed by atoms with Crippen LogP contribution in [-0.2, 0) is 0 Å². The van der Waals surface area contributed by atoms with E-state index in [1.807, 2.05) is 0 Å². The predicted octanol–water partition coefficient (Wildman–Crippen LogP) is 2.73. The summed E-state index contributed by atoms with van der Waals surface area (Å²) in [5.74, 6) is -2.71. The Morgan fingerprint density at radius 1 is 1.07 bits per heavy atom. The molecule has 0 saturated carbocycles. The van der Waals surface area contributed by atoms with Crippen LogP contribution in [0, 0.1) is 11.6 Å². The Bertz CT molecular complexity index is 324. The standard InChI is InChI=1S/C7H5BF5O/c9-6-2-1-5(3-7(6)10)14-4-8(11,12)13/h1-3H,4H2/q-1. The predicted molar refractivity (Wildman–Crippen MR) is 40.9 cm³/mol. The first-order valence-electron chi connectivity index (χ1n) is 3.67. The quantitative estimate of drug-likeness (QED) is 0.551. The Hall–Kier alpha value is -1.27. The van der Waals surface area contributed by atoms with Crippen molar-refractivity contribution in [1.82, 2.24) is 0 Å². The van der Waals surface area contributed by atoms with Gasteiger partial charge >= 0.3 is 6.98 Å². The smallest absolute Gasteiger partial charge is 0.515 e. The van der Waals surface area contributed by atoms with Gasteiger partial charge in [0.2, 0.25) is 0 Å². The number of rotatable bonds is 3. The van der Waals surface area contributed by atoms with Gasteiger partial charge in [0.25, 0.3) is 0 Å². The summed E-state index contributed by atoms with van der Waals surface area (Å²) in [4.78, 5) is 0. The average Bonchev–Trinajstić information content (AvgIpc) is 2.06.